The number of halogens is 2. The molecule has 2 N–H and O–H groups in total. The van der Waals surface area contributed by atoms with Gasteiger partial charge in [-0.2, -0.15) is 0 Å². The lowest BCUT2D eigenvalue weighted by Crippen LogP contribution is -2.37. The number of benzene rings is 2. The van der Waals surface area contributed by atoms with Crippen molar-refractivity contribution in [3.05, 3.63) is 70.8 Å². The number of sulfone groups is 1. The molecule has 0 heterocycles. The van der Waals surface area contributed by atoms with Crippen LogP contribution in [0.5, 0.6) is 0 Å². The first-order valence-corrected chi connectivity index (χ1v) is 10.5. The van der Waals surface area contributed by atoms with Crippen LogP contribution in [-0.2, 0) is 28.7 Å². The molecule has 2 rings (SSSR count). The predicted octanol–water partition coefficient (Wildman–Crippen LogP) is 2.76. The van der Waals surface area contributed by atoms with E-state index in [0.29, 0.717) is 30.2 Å². The van der Waals surface area contributed by atoms with Gasteiger partial charge >= 0.3 is 0 Å². The highest BCUT2D eigenvalue weighted by molar-refractivity contribution is 7.89. The minimum atomic E-state index is -3.24. The van der Waals surface area contributed by atoms with Gasteiger partial charge in [-0.25, -0.2) is 22.2 Å². The summed E-state index contributed by atoms with van der Waals surface area (Å²) in [5.41, 5.74) is 1.94. The van der Waals surface area contributed by atoms with E-state index in [0.717, 1.165) is 11.8 Å². The smallest absolute Gasteiger partial charge is 0.191 e. The van der Waals surface area contributed by atoms with Crippen LogP contribution in [0.3, 0.4) is 0 Å². The Bertz CT molecular complexity index is 898. The van der Waals surface area contributed by atoms with Crippen molar-refractivity contribution in [2.45, 2.75) is 25.8 Å². The van der Waals surface area contributed by atoms with E-state index in [1.807, 2.05) is 6.92 Å². The monoisotopic (exact) mass is 395 g/mol. The van der Waals surface area contributed by atoms with E-state index >= 15 is 0 Å². The molecule has 0 unspecified atom stereocenters. The average Bonchev–Trinajstić information content (AvgIpc) is 2.59. The third kappa shape index (κ3) is 7.34. The highest BCUT2D eigenvalue weighted by Crippen LogP contribution is 2.14. The van der Waals surface area contributed by atoms with Crippen molar-refractivity contribution >= 4 is 15.8 Å². The van der Waals surface area contributed by atoms with E-state index in [-0.39, 0.29) is 18.1 Å². The van der Waals surface area contributed by atoms with Crippen LogP contribution < -0.4 is 10.6 Å². The molecule has 8 heteroatoms. The Morgan fingerprint density at radius 1 is 1.00 bits per heavy atom. The highest BCUT2D eigenvalue weighted by Gasteiger charge is 2.11. The molecule has 0 bridgehead atoms. The number of rotatable bonds is 7. The lowest BCUT2D eigenvalue weighted by Gasteiger charge is -2.14. The van der Waals surface area contributed by atoms with E-state index in [1.165, 1.54) is 30.3 Å². The Morgan fingerprint density at radius 3 is 2.30 bits per heavy atom. The van der Waals surface area contributed by atoms with Gasteiger partial charge in [0.25, 0.3) is 0 Å². The van der Waals surface area contributed by atoms with Gasteiger partial charge in [0, 0.05) is 19.3 Å². The number of guanidine groups is 1. The quantitative estimate of drug-likeness (QED) is 0.559. The van der Waals surface area contributed by atoms with E-state index in [4.69, 9.17) is 0 Å². The molecule has 2 aromatic carbocycles. The van der Waals surface area contributed by atoms with Gasteiger partial charge < -0.3 is 10.6 Å². The summed E-state index contributed by atoms with van der Waals surface area (Å²) in [5, 5.41) is 6.14. The fraction of sp³-hybridized carbons (Fsp3) is 0.316. The molecule has 0 saturated heterocycles. The van der Waals surface area contributed by atoms with Gasteiger partial charge in [0.1, 0.15) is 11.6 Å². The molecule has 0 spiro atoms. The number of hydrogen-bond acceptors (Lipinski definition) is 3. The van der Waals surface area contributed by atoms with Crippen molar-refractivity contribution in [1.29, 1.82) is 0 Å². The van der Waals surface area contributed by atoms with E-state index < -0.39 is 15.7 Å². The minimum absolute atomic E-state index is 0.159. The average molecular weight is 395 g/mol. The Hall–Kier alpha value is -2.48. The second-order valence-corrected chi connectivity index (χ2v) is 8.30. The van der Waals surface area contributed by atoms with Crippen LogP contribution in [0.15, 0.2) is 47.5 Å². The summed E-state index contributed by atoms with van der Waals surface area (Å²) in [7, 11) is -3.24. The van der Waals surface area contributed by atoms with Gasteiger partial charge in [0.05, 0.1) is 12.3 Å². The summed E-state index contributed by atoms with van der Waals surface area (Å²) in [6.07, 6.45) is 1.14. The molecule has 0 atom stereocenters. The zero-order valence-corrected chi connectivity index (χ0v) is 16.1. The van der Waals surface area contributed by atoms with E-state index in [9.17, 15) is 17.2 Å². The van der Waals surface area contributed by atoms with Crippen molar-refractivity contribution < 1.29 is 17.2 Å². The molecule has 2 aromatic rings. The summed E-state index contributed by atoms with van der Waals surface area (Å²) in [6, 6.07) is 10.1. The summed E-state index contributed by atoms with van der Waals surface area (Å²) >= 11 is 0. The molecule has 0 saturated carbocycles. The van der Waals surface area contributed by atoms with Gasteiger partial charge in [-0.1, -0.05) is 18.2 Å². The predicted molar refractivity (Wildman–Crippen MR) is 103 cm³/mol. The SMILES string of the molecule is CCNC(=NCc1ccc(F)cc1)NCc1cc(F)ccc1CS(C)(=O)=O. The third-order valence-electron chi connectivity index (χ3n) is 3.71. The van der Waals surface area contributed by atoms with Crippen LogP contribution >= 0.6 is 0 Å². The lowest BCUT2D eigenvalue weighted by atomic mass is 10.1. The van der Waals surface area contributed by atoms with Gasteiger partial charge in [0.2, 0.25) is 0 Å². The Kier molecular flexibility index (Phi) is 7.29. The second kappa shape index (κ2) is 9.45. The molecular formula is C19H23F2N3O2S. The van der Waals surface area contributed by atoms with Crippen LogP contribution in [0.2, 0.25) is 0 Å². The first-order chi connectivity index (χ1) is 12.8. The van der Waals surface area contributed by atoms with Crippen molar-refractivity contribution in [3.8, 4) is 0 Å². The zero-order chi connectivity index (χ0) is 19.9. The third-order valence-corrected chi connectivity index (χ3v) is 4.54. The maximum absolute atomic E-state index is 13.6. The molecule has 0 aliphatic carbocycles. The van der Waals surface area contributed by atoms with Gasteiger partial charge in [-0.15, -0.1) is 0 Å². The molecule has 0 amide bonds. The van der Waals surface area contributed by atoms with Crippen molar-refractivity contribution in [3.63, 3.8) is 0 Å². The van der Waals surface area contributed by atoms with Crippen LogP contribution in [0, 0.1) is 11.6 Å². The van der Waals surface area contributed by atoms with Gasteiger partial charge in [0.15, 0.2) is 15.8 Å². The molecular weight excluding hydrogens is 372 g/mol. The largest absolute Gasteiger partial charge is 0.357 e. The van der Waals surface area contributed by atoms with E-state index in [1.54, 1.807) is 12.1 Å². The van der Waals surface area contributed by atoms with Gasteiger partial charge in [-0.3, -0.25) is 0 Å². The second-order valence-electron chi connectivity index (χ2n) is 6.16. The summed E-state index contributed by atoms with van der Waals surface area (Å²) in [6.45, 7) is 3.09. The minimum Gasteiger partial charge on any atom is -0.357 e. The standard InChI is InChI=1S/C19H23F2N3O2S/c1-3-22-19(23-11-14-4-7-17(20)8-5-14)24-12-16-10-18(21)9-6-15(16)13-27(2,25)26/h4-10H,3,11-13H2,1-2H3,(H2,22,23,24). The normalized spacial score (nSPS) is 12.1. The zero-order valence-electron chi connectivity index (χ0n) is 15.3. The molecule has 0 aliphatic rings. The Labute approximate surface area is 158 Å². The van der Waals surface area contributed by atoms with Crippen LogP contribution in [0.1, 0.15) is 23.6 Å². The first kappa shape index (κ1) is 20.8. The Balaban J connectivity index is 2.12. The fourth-order valence-corrected chi connectivity index (χ4v) is 3.31. The van der Waals surface area contributed by atoms with E-state index in [2.05, 4.69) is 15.6 Å². The number of hydrogen-bond donors (Lipinski definition) is 2. The number of aliphatic imine (C=N–C) groups is 1. The molecule has 0 fully saturated rings. The molecule has 0 radical (unpaired) electrons. The maximum atomic E-state index is 13.6. The van der Waals surface area contributed by atoms with Crippen LogP contribution in [0.25, 0.3) is 0 Å². The van der Waals surface area contributed by atoms with Crippen molar-refractivity contribution in [1.82, 2.24) is 10.6 Å². The van der Waals surface area contributed by atoms with Crippen LogP contribution in [0.4, 0.5) is 8.78 Å². The van der Waals surface area contributed by atoms with Crippen molar-refractivity contribution in [2.24, 2.45) is 4.99 Å². The maximum Gasteiger partial charge on any atom is 0.191 e. The summed E-state index contributed by atoms with van der Waals surface area (Å²) < 4.78 is 49.7. The van der Waals surface area contributed by atoms with Crippen molar-refractivity contribution in [2.75, 3.05) is 12.8 Å². The number of nitrogens with one attached hydrogen (secondary N) is 2. The Morgan fingerprint density at radius 2 is 1.67 bits per heavy atom. The molecule has 146 valence electrons. The highest BCUT2D eigenvalue weighted by atomic mass is 32.2. The molecule has 27 heavy (non-hydrogen) atoms. The van der Waals surface area contributed by atoms with Gasteiger partial charge in [-0.05, 0) is 47.9 Å². The fourth-order valence-electron chi connectivity index (χ4n) is 2.46. The number of nitrogens with zero attached hydrogens (tertiary/aromatic N) is 1. The molecule has 0 aromatic heterocycles. The summed E-state index contributed by atoms with van der Waals surface area (Å²) in [5.74, 6) is -0.404. The topological polar surface area (TPSA) is 70.6 Å². The van der Waals surface area contributed by atoms with Crippen LogP contribution in [-0.4, -0.2) is 27.2 Å². The lowest BCUT2D eigenvalue weighted by molar-refractivity contribution is 0.599. The molecule has 5 nitrogen and oxygen atoms in total. The molecule has 0 aliphatic heterocycles. The summed E-state index contributed by atoms with van der Waals surface area (Å²) in [4.78, 5) is 4.42. The first-order valence-electron chi connectivity index (χ1n) is 8.48.